The van der Waals surface area contributed by atoms with E-state index in [0.717, 1.165) is 12.8 Å². The minimum Gasteiger partial charge on any atom is -0.480 e. The van der Waals surface area contributed by atoms with Gasteiger partial charge in [-0.2, -0.15) is 0 Å². The highest BCUT2D eigenvalue weighted by Crippen LogP contribution is 2.40. The van der Waals surface area contributed by atoms with Crippen molar-refractivity contribution < 1.29 is 19.4 Å². The van der Waals surface area contributed by atoms with E-state index in [1.807, 2.05) is 0 Å². The van der Waals surface area contributed by atoms with Gasteiger partial charge in [0.25, 0.3) is 0 Å². The van der Waals surface area contributed by atoms with E-state index in [1.165, 1.54) is 0 Å². The van der Waals surface area contributed by atoms with Crippen LogP contribution in [0.3, 0.4) is 0 Å². The lowest BCUT2D eigenvalue weighted by Gasteiger charge is -2.22. The summed E-state index contributed by atoms with van der Waals surface area (Å²) in [5.74, 6) is -0.374. The molecule has 0 aromatic rings. The lowest BCUT2D eigenvalue weighted by atomic mass is 10.0. The Labute approximate surface area is 106 Å². The van der Waals surface area contributed by atoms with Crippen LogP contribution in [0.2, 0.25) is 0 Å². The Balaban J connectivity index is 1.85. The van der Waals surface area contributed by atoms with Crippen LogP contribution in [-0.2, 0) is 9.53 Å². The lowest BCUT2D eigenvalue weighted by Crippen LogP contribution is -2.45. The van der Waals surface area contributed by atoms with Crippen molar-refractivity contribution in [1.29, 1.82) is 0 Å². The highest BCUT2D eigenvalue weighted by atomic mass is 16.6. The van der Waals surface area contributed by atoms with E-state index < -0.39 is 18.1 Å². The zero-order valence-electron chi connectivity index (χ0n) is 10.6. The second-order valence-electron chi connectivity index (χ2n) is 5.43. The van der Waals surface area contributed by atoms with Gasteiger partial charge in [-0.15, -0.1) is 0 Å². The zero-order valence-corrected chi connectivity index (χ0v) is 10.6. The largest absolute Gasteiger partial charge is 0.480 e. The number of allylic oxidation sites excluding steroid dienone is 1. The molecule has 2 aliphatic carbocycles. The number of ether oxygens (including phenoxy) is 1. The Hall–Kier alpha value is -1.52. The third-order valence-electron chi connectivity index (χ3n) is 3.68. The van der Waals surface area contributed by atoms with Crippen LogP contribution >= 0.6 is 0 Å². The summed E-state index contributed by atoms with van der Waals surface area (Å²) in [6, 6.07) is -0.897. The molecule has 2 N–H and O–H groups in total. The van der Waals surface area contributed by atoms with Gasteiger partial charge in [-0.3, -0.25) is 0 Å². The van der Waals surface area contributed by atoms with Crippen LogP contribution < -0.4 is 5.32 Å². The number of carboxylic acid groups (broad SMARTS) is 1. The quantitative estimate of drug-likeness (QED) is 0.749. The van der Waals surface area contributed by atoms with Gasteiger partial charge in [0.1, 0.15) is 12.1 Å². The van der Waals surface area contributed by atoms with Crippen LogP contribution in [0.1, 0.15) is 26.7 Å². The maximum Gasteiger partial charge on any atom is 0.408 e. The molecule has 1 saturated carbocycles. The van der Waals surface area contributed by atoms with Gasteiger partial charge in [-0.1, -0.05) is 26.0 Å². The van der Waals surface area contributed by atoms with E-state index in [2.05, 4.69) is 17.5 Å². The maximum absolute atomic E-state index is 11.7. The van der Waals surface area contributed by atoms with Crippen LogP contribution in [0.4, 0.5) is 4.79 Å². The smallest absolute Gasteiger partial charge is 0.408 e. The van der Waals surface area contributed by atoms with Crippen molar-refractivity contribution in [2.24, 2.45) is 17.8 Å². The summed E-state index contributed by atoms with van der Waals surface area (Å²) in [6.07, 6.45) is 5.43. The zero-order chi connectivity index (χ0) is 13.3. The van der Waals surface area contributed by atoms with Crippen molar-refractivity contribution in [2.45, 2.75) is 38.8 Å². The first kappa shape index (κ1) is 12.9. The first-order valence-electron chi connectivity index (χ1n) is 6.35. The van der Waals surface area contributed by atoms with E-state index in [0.29, 0.717) is 11.8 Å². The molecule has 0 aliphatic heterocycles. The fourth-order valence-electron chi connectivity index (χ4n) is 2.68. The summed E-state index contributed by atoms with van der Waals surface area (Å²) in [5.41, 5.74) is 0. The molecule has 2 rings (SSSR count). The molecule has 0 heterocycles. The van der Waals surface area contributed by atoms with Gasteiger partial charge in [0.2, 0.25) is 0 Å². The Morgan fingerprint density at radius 3 is 2.50 bits per heavy atom. The molecular weight excluding hydrogens is 234 g/mol. The van der Waals surface area contributed by atoms with Gasteiger partial charge in [0.05, 0.1) is 0 Å². The van der Waals surface area contributed by atoms with Crippen LogP contribution in [0.25, 0.3) is 0 Å². The average Bonchev–Trinajstić information content (AvgIpc) is 2.86. The Bertz CT molecular complexity index is 377. The molecule has 5 heteroatoms. The minimum atomic E-state index is -1.03. The Morgan fingerprint density at radius 1 is 1.33 bits per heavy atom. The van der Waals surface area contributed by atoms with E-state index in [4.69, 9.17) is 9.84 Å². The van der Waals surface area contributed by atoms with Crippen molar-refractivity contribution in [3.05, 3.63) is 12.2 Å². The molecule has 0 aromatic heterocycles. The molecule has 18 heavy (non-hydrogen) atoms. The number of alkyl carbamates (subject to hydrolysis) is 1. The van der Waals surface area contributed by atoms with Crippen molar-refractivity contribution in [2.75, 3.05) is 0 Å². The number of amides is 1. The molecule has 0 spiro atoms. The monoisotopic (exact) mass is 253 g/mol. The fraction of sp³-hybridized carbons (Fsp3) is 0.692. The van der Waals surface area contributed by atoms with Crippen molar-refractivity contribution >= 4 is 12.1 Å². The predicted octanol–water partition coefficient (Wildman–Crippen LogP) is 1.79. The number of nitrogens with one attached hydrogen (secondary N) is 1. The van der Waals surface area contributed by atoms with E-state index >= 15 is 0 Å². The highest BCUT2D eigenvalue weighted by molar-refractivity contribution is 5.80. The standard InChI is InChI=1S/C13H19NO4/c1-7(2)11(12(15)16)14-13(17)18-10-6-8-3-4-9(10)5-8/h3-4,7-11H,5-6H2,1-2H3,(H,14,17)(H,15,16)/t8?,9?,10?,11-/m0/s1. The molecule has 3 unspecified atom stereocenters. The lowest BCUT2D eigenvalue weighted by molar-refractivity contribution is -0.140. The number of carbonyl (C=O) groups is 2. The number of hydrogen-bond donors (Lipinski definition) is 2. The molecule has 4 atom stereocenters. The summed E-state index contributed by atoms with van der Waals surface area (Å²) < 4.78 is 5.31. The first-order chi connectivity index (χ1) is 8.47. The fourth-order valence-corrected chi connectivity index (χ4v) is 2.68. The molecule has 0 aromatic carbocycles. The van der Waals surface area contributed by atoms with E-state index in [1.54, 1.807) is 13.8 Å². The van der Waals surface area contributed by atoms with Crippen LogP contribution in [-0.4, -0.2) is 29.3 Å². The summed E-state index contributed by atoms with van der Waals surface area (Å²) >= 11 is 0. The first-order valence-corrected chi connectivity index (χ1v) is 6.35. The summed E-state index contributed by atoms with van der Waals surface area (Å²) in [7, 11) is 0. The van der Waals surface area contributed by atoms with Gasteiger partial charge < -0.3 is 15.2 Å². The van der Waals surface area contributed by atoms with Gasteiger partial charge in [0.15, 0.2) is 0 Å². The van der Waals surface area contributed by atoms with Crippen LogP contribution in [0.5, 0.6) is 0 Å². The topological polar surface area (TPSA) is 75.6 Å². The normalized spacial score (nSPS) is 30.5. The molecule has 5 nitrogen and oxygen atoms in total. The summed E-state index contributed by atoms with van der Waals surface area (Å²) in [5, 5.41) is 11.4. The van der Waals surface area contributed by atoms with Gasteiger partial charge in [-0.25, -0.2) is 9.59 Å². The van der Waals surface area contributed by atoms with Crippen LogP contribution in [0.15, 0.2) is 12.2 Å². The number of aliphatic carboxylic acids is 1. The molecule has 0 radical (unpaired) electrons. The average molecular weight is 253 g/mol. The molecule has 2 aliphatic rings. The molecule has 0 saturated heterocycles. The van der Waals surface area contributed by atoms with Gasteiger partial charge in [0, 0.05) is 5.92 Å². The second kappa shape index (κ2) is 5.00. The van der Waals surface area contributed by atoms with Crippen molar-refractivity contribution in [3.63, 3.8) is 0 Å². The summed E-state index contributed by atoms with van der Waals surface area (Å²) in [4.78, 5) is 22.6. The maximum atomic E-state index is 11.7. The molecule has 1 amide bonds. The Kier molecular flexibility index (Phi) is 3.59. The molecular formula is C13H19NO4. The molecule has 100 valence electrons. The van der Waals surface area contributed by atoms with Crippen molar-refractivity contribution in [3.8, 4) is 0 Å². The van der Waals surface area contributed by atoms with Gasteiger partial charge >= 0.3 is 12.1 Å². The third kappa shape index (κ3) is 2.66. The second-order valence-corrected chi connectivity index (χ2v) is 5.43. The van der Waals surface area contributed by atoms with E-state index in [9.17, 15) is 9.59 Å². The number of rotatable bonds is 4. The number of hydrogen-bond acceptors (Lipinski definition) is 3. The highest BCUT2D eigenvalue weighted by Gasteiger charge is 2.38. The number of carboxylic acids is 1. The van der Waals surface area contributed by atoms with E-state index in [-0.39, 0.29) is 12.0 Å². The minimum absolute atomic E-state index is 0.0957. The third-order valence-corrected chi connectivity index (χ3v) is 3.68. The SMILES string of the molecule is CC(C)[C@H](NC(=O)OC1CC2C=CC1C2)C(=O)O. The molecule has 2 bridgehead atoms. The summed E-state index contributed by atoms with van der Waals surface area (Å²) in [6.45, 7) is 3.50. The Morgan fingerprint density at radius 2 is 2.06 bits per heavy atom. The van der Waals surface area contributed by atoms with Crippen LogP contribution in [0, 0.1) is 17.8 Å². The van der Waals surface area contributed by atoms with Crippen molar-refractivity contribution in [1.82, 2.24) is 5.32 Å². The number of fused-ring (bicyclic) bond motifs is 2. The predicted molar refractivity (Wildman–Crippen MR) is 65.0 cm³/mol. The number of carbonyl (C=O) groups excluding carboxylic acids is 1. The molecule has 1 fully saturated rings. The van der Waals surface area contributed by atoms with Gasteiger partial charge in [-0.05, 0) is 24.7 Å².